The van der Waals surface area contributed by atoms with Gasteiger partial charge in [0, 0.05) is 6.54 Å². The maximum Gasteiger partial charge on any atom is 0.115 e. The minimum Gasteiger partial charge on any atom is -0.508 e. The van der Waals surface area contributed by atoms with Crippen molar-refractivity contribution >= 4 is 0 Å². The summed E-state index contributed by atoms with van der Waals surface area (Å²) in [6, 6.07) is 7.90. The van der Waals surface area contributed by atoms with Gasteiger partial charge in [-0.15, -0.1) is 0 Å². The molecule has 0 heterocycles. The van der Waals surface area contributed by atoms with Crippen molar-refractivity contribution in [3.8, 4) is 5.75 Å². The van der Waals surface area contributed by atoms with Crippen LogP contribution in [0.1, 0.15) is 51.0 Å². The van der Waals surface area contributed by atoms with Crippen LogP contribution in [0.25, 0.3) is 0 Å². The number of hydrogen-bond donors (Lipinski definition) is 1. The molecule has 0 spiro atoms. The van der Waals surface area contributed by atoms with Crippen LogP contribution in [0.5, 0.6) is 5.75 Å². The Labute approximate surface area is 117 Å². The predicted octanol–water partition coefficient (Wildman–Crippen LogP) is 4.01. The molecule has 0 saturated heterocycles. The van der Waals surface area contributed by atoms with Crippen LogP contribution in [0.3, 0.4) is 0 Å². The Morgan fingerprint density at radius 3 is 2.58 bits per heavy atom. The first-order valence-electron chi connectivity index (χ1n) is 7.75. The first-order valence-corrected chi connectivity index (χ1v) is 7.75. The summed E-state index contributed by atoms with van der Waals surface area (Å²) in [6.45, 7) is 7.97. The molecular weight excluding hydrogens is 234 g/mol. The number of aromatic hydroxyl groups is 1. The molecule has 2 heteroatoms. The fraction of sp³-hybridized carbons (Fsp3) is 0.647. The van der Waals surface area contributed by atoms with Crippen molar-refractivity contribution < 1.29 is 5.11 Å². The number of rotatable bonds is 5. The van der Waals surface area contributed by atoms with E-state index in [0.717, 1.165) is 19.0 Å². The second-order valence-electron chi connectivity index (χ2n) is 5.73. The second-order valence-corrected chi connectivity index (χ2v) is 5.73. The Bertz CT molecular complexity index is 387. The van der Waals surface area contributed by atoms with Crippen molar-refractivity contribution in [1.82, 2.24) is 4.90 Å². The van der Waals surface area contributed by atoms with Crippen LogP contribution in [0, 0.1) is 5.92 Å². The first-order chi connectivity index (χ1) is 9.24. The Morgan fingerprint density at radius 1 is 1.16 bits per heavy atom. The highest BCUT2D eigenvalue weighted by Gasteiger charge is 2.27. The molecule has 2 unspecified atom stereocenters. The van der Waals surface area contributed by atoms with E-state index in [0.29, 0.717) is 11.7 Å². The lowest BCUT2D eigenvalue weighted by Gasteiger charge is -2.35. The molecule has 2 atom stereocenters. The summed E-state index contributed by atoms with van der Waals surface area (Å²) in [7, 11) is 0. The third-order valence-electron chi connectivity index (χ3n) is 4.59. The monoisotopic (exact) mass is 261 g/mol. The quantitative estimate of drug-likeness (QED) is 0.865. The Morgan fingerprint density at radius 2 is 1.89 bits per heavy atom. The molecule has 1 aliphatic carbocycles. The zero-order valence-electron chi connectivity index (χ0n) is 12.3. The molecule has 0 aromatic heterocycles. The summed E-state index contributed by atoms with van der Waals surface area (Å²) in [5.74, 6) is 1.78. The molecule has 1 fully saturated rings. The van der Waals surface area contributed by atoms with Crippen molar-refractivity contribution in [3.63, 3.8) is 0 Å². The van der Waals surface area contributed by atoms with Gasteiger partial charge < -0.3 is 10.0 Å². The average Bonchev–Trinajstić information content (AvgIpc) is 2.45. The lowest BCUT2D eigenvalue weighted by molar-refractivity contribution is 0.195. The summed E-state index contributed by atoms with van der Waals surface area (Å²) in [5.41, 5.74) is 1.33. The topological polar surface area (TPSA) is 23.5 Å². The average molecular weight is 261 g/mol. The van der Waals surface area contributed by atoms with Crippen molar-refractivity contribution in [3.05, 3.63) is 29.8 Å². The van der Waals surface area contributed by atoms with Gasteiger partial charge >= 0.3 is 0 Å². The zero-order valence-corrected chi connectivity index (χ0v) is 12.3. The van der Waals surface area contributed by atoms with Gasteiger partial charge in [-0.1, -0.05) is 38.8 Å². The van der Waals surface area contributed by atoms with Crippen LogP contribution >= 0.6 is 0 Å². The lowest BCUT2D eigenvalue weighted by atomic mass is 9.75. The van der Waals surface area contributed by atoms with Gasteiger partial charge in [0.1, 0.15) is 5.75 Å². The van der Waals surface area contributed by atoms with Crippen molar-refractivity contribution in [2.24, 2.45) is 5.92 Å². The van der Waals surface area contributed by atoms with E-state index in [-0.39, 0.29) is 0 Å². The van der Waals surface area contributed by atoms with E-state index in [4.69, 9.17) is 0 Å². The standard InChI is InChI=1S/C17H27NO/c1-3-18(4-2)13-15-8-5-6-11-17(15)14-9-7-10-16(19)12-14/h7,9-10,12,15,17,19H,3-6,8,11,13H2,1-2H3. The fourth-order valence-corrected chi connectivity index (χ4v) is 3.43. The molecule has 1 N–H and O–H groups in total. The molecule has 1 aromatic carbocycles. The molecule has 106 valence electrons. The summed E-state index contributed by atoms with van der Waals surface area (Å²) < 4.78 is 0. The van der Waals surface area contributed by atoms with Crippen LogP contribution < -0.4 is 0 Å². The second kappa shape index (κ2) is 6.95. The number of nitrogens with zero attached hydrogens (tertiary/aromatic N) is 1. The summed E-state index contributed by atoms with van der Waals surface area (Å²) in [4.78, 5) is 2.53. The Kier molecular flexibility index (Phi) is 5.26. The molecule has 2 nitrogen and oxygen atoms in total. The largest absolute Gasteiger partial charge is 0.508 e. The van der Waals surface area contributed by atoms with Gasteiger partial charge in [-0.2, -0.15) is 0 Å². The van der Waals surface area contributed by atoms with Gasteiger partial charge in [0.15, 0.2) is 0 Å². The van der Waals surface area contributed by atoms with Crippen LogP contribution in [-0.4, -0.2) is 29.6 Å². The summed E-state index contributed by atoms with van der Waals surface area (Å²) >= 11 is 0. The number of hydrogen-bond acceptors (Lipinski definition) is 2. The van der Waals surface area contributed by atoms with Gasteiger partial charge in [-0.25, -0.2) is 0 Å². The van der Waals surface area contributed by atoms with E-state index in [1.165, 1.54) is 37.8 Å². The van der Waals surface area contributed by atoms with E-state index in [2.05, 4.69) is 24.8 Å². The molecule has 1 saturated carbocycles. The van der Waals surface area contributed by atoms with Crippen LogP contribution in [0.15, 0.2) is 24.3 Å². The van der Waals surface area contributed by atoms with Crippen molar-refractivity contribution in [1.29, 1.82) is 0 Å². The summed E-state index contributed by atoms with van der Waals surface area (Å²) in [5, 5.41) is 9.69. The Hall–Kier alpha value is -1.02. The van der Waals surface area contributed by atoms with E-state index in [1.54, 1.807) is 6.07 Å². The minimum atomic E-state index is 0.407. The summed E-state index contributed by atoms with van der Waals surface area (Å²) in [6.07, 6.45) is 5.29. The normalized spacial score (nSPS) is 23.7. The highest BCUT2D eigenvalue weighted by atomic mass is 16.3. The molecule has 0 aliphatic heterocycles. The number of phenolic OH excluding ortho intramolecular Hbond substituents is 1. The highest BCUT2D eigenvalue weighted by Crippen LogP contribution is 2.39. The zero-order chi connectivity index (χ0) is 13.7. The maximum atomic E-state index is 9.69. The molecule has 1 aliphatic rings. The maximum absolute atomic E-state index is 9.69. The number of benzene rings is 1. The van der Waals surface area contributed by atoms with Gasteiger partial charge in [0.05, 0.1) is 0 Å². The third kappa shape index (κ3) is 3.73. The van der Waals surface area contributed by atoms with Crippen LogP contribution in [0.4, 0.5) is 0 Å². The van der Waals surface area contributed by atoms with E-state index < -0.39 is 0 Å². The SMILES string of the molecule is CCN(CC)CC1CCCCC1c1cccc(O)c1. The molecule has 0 bridgehead atoms. The van der Waals surface area contributed by atoms with E-state index in [1.807, 2.05) is 12.1 Å². The fourth-order valence-electron chi connectivity index (χ4n) is 3.43. The molecule has 0 amide bonds. The third-order valence-corrected chi connectivity index (χ3v) is 4.59. The van der Waals surface area contributed by atoms with Crippen LogP contribution in [0.2, 0.25) is 0 Å². The van der Waals surface area contributed by atoms with Gasteiger partial charge in [0.25, 0.3) is 0 Å². The predicted molar refractivity (Wildman–Crippen MR) is 80.6 cm³/mol. The molecule has 0 radical (unpaired) electrons. The van der Waals surface area contributed by atoms with E-state index >= 15 is 0 Å². The van der Waals surface area contributed by atoms with E-state index in [9.17, 15) is 5.11 Å². The first kappa shape index (κ1) is 14.4. The minimum absolute atomic E-state index is 0.407. The lowest BCUT2D eigenvalue weighted by Crippen LogP contribution is -2.33. The smallest absolute Gasteiger partial charge is 0.115 e. The van der Waals surface area contributed by atoms with Crippen molar-refractivity contribution in [2.45, 2.75) is 45.4 Å². The van der Waals surface area contributed by atoms with Crippen molar-refractivity contribution in [2.75, 3.05) is 19.6 Å². The molecule has 19 heavy (non-hydrogen) atoms. The number of phenols is 1. The van der Waals surface area contributed by atoms with Gasteiger partial charge in [-0.05, 0) is 55.5 Å². The molecular formula is C17H27NO. The highest BCUT2D eigenvalue weighted by molar-refractivity contribution is 5.30. The molecule has 1 aromatic rings. The molecule has 2 rings (SSSR count). The van der Waals surface area contributed by atoms with Gasteiger partial charge in [0.2, 0.25) is 0 Å². The van der Waals surface area contributed by atoms with Gasteiger partial charge in [-0.3, -0.25) is 0 Å². The van der Waals surface area contributed by atoms with Crippen LogP contribution in [-0.2, 0) is 0 Å². The Balaban J connectivity index is 2.11.